The lowest BCUT2D eigenvalue weighted by atomic mass is 9.86. The van der Waals surface area contributed by atoms with E-state index in [4.69, 9.17) is 4.74 Å². The molecule has 5 nitrogen and oxygen atoms in total. The van der Waals surface area contributed by atoms with Crippen LogP contribution in [0.1, 0.15) is 52.9 Å². The van der Waals surface area contributed by atoms with E-state index in [-0.39, 0.29) is 29.3 Å². The predicted molar refractivity (Wildman–Crippen MR) is 85.4 cm³/mol. The predicted octanol–water partition coefficient (Wildman–Crippen LogP) is 1.96. The maximum atomic E-state index is 12.4. The minimum Gasteiger partial charge on any atom is -0.376 e. The number of rotatable bonds is 5. The molecule has 2 fully saturated rings. The van der Waals surface area contributed by atoms with Gasteiger partial charge >= 0.3 is 0 Å². The second kappa shape index (κ2) is 7.44. The molecule has 2 heterocycles. The van der Waals surface area contributed by atoms with Gasteiger partial charge in [-0.05, 0) is 32.1 Å². The van der Waals surface area contributed by atoms with Gasteiger partial charge in [0.15, 0.2) is 0 Å². The molecule has 0 unspecified atom stereocenters. The molecule has 22 heavy (non-hydrogen) atoms. The van der Waals surface area contributed by atoms with E-state index in [1.165, 1.54) is 0 Å². The molecular formula is C17H30N2O3. The number of nitrogens with zero attached hydrogens (tertiary/aromatic N) is 1. The number of hydrogen-bond acceptors (Lipinski definition) is 3. The van der Waals surface area contributed by atoms with Crippen molar-refractivity contribution >= 4 is 11.8 Å². The molecule has 2 aliphatic heterocycles. The summed E-state index contributed by atoms with van der Waals surface area (Å²) in [7, 11) is 0. The van der Waals surface area contributed by atoms with Crippen molar-refractivity contribution in [3.8, 4) is 0 Å². The lowest BCUT2D eigenvalue weighted by Crippen LogP contribution is -2.47. The van der Waals surface area contributed by atoms with Crippen molar-refractivity contribution in [3.05, 3.63) is 0 Å². The molecule has 0 aromatic rings. The second-order valence-electron chi connectivity index (χ2n) is 7.18. The van der Waals surface area contributed by atoms with Crippen molar-refractivity contribution in [3.63, 3.8) is 0 Å². The molecule has 0 bridgehead atoms. The molecule has 0 radical (unpaired) electrons. The van der Waals surface area contributed by atoms with Gasteiger partial charge < -0.3 is 15.0 Å². The van der Waals surface area contributed by atoms with E-state index in [1.807, 2.05) is 25.7 Å². The van der Waals surface area contributed by atoms with Crippen molar-refractivity contribution in [2.45, 2.75) is 59.0 Å². The Balaban J connectivity index is 1.74. The van der Waals surface area contributed by atoms with Gasteiger partial charge in [-0.1, -0.05) is 20.8 Å². The minimum atomic E-state index is -0.297. The van der Waals surface area contributed by atoms with Crippen LogP contribution in [0.25, 0.3) is 0 Å². The minimum absolute atomic E-state index is 0.0372. The molecule has 2 rings (SSSR count). The van der Waals surface area contributed by atoms with E-state index in [0.717, 1.165) is 38.7 Å². The van der Waals surface area contributed by atoms with Crippen molar-refractivity contribution in [1.29, 1.82) is 0 Å². The zero-order valence-corrected chi connectivity index (χ0v) is 14.2. The molecule has 2 saturated heterocycles. The van der Waals surface area contributed by atoms with E-state index < -0.39 is 0 Å². The highest BCUT2D eigenvalue weighted by molar-refractivity contribution is 5.83. The van der Waals surface area contributed by atoms with Gasteiger partial charge in [-0.15, -0.1) is 0 Å². The SMILES string of the molecule is CCC(C)(C)C(=O)N1CCC(C(=O)NC[C@@H]2CCCO2)CC1. The first-order chi connectivity index (χ1) is 10.4. The van der Waals surface area contributed by atoms with Gasteiger partial charge in [-0.2, -0.15) is 0 Å². The summed E-state index contributed by atoms with van der Waals surface area (Å²) < 4.78 is 5.52. The number of nitrogens with one attached hydrogen (secondary N) is 1. The maximum absolute atomic E-state index is 12.4. The average molecular weight is 310 g/mol. The highest BCUT2D eigenvalue weighted by Gasteiger charge is 2.34. The topological polar surface area (TPSA) is 58.6 Å². The summed E-state index contributed by atoms with van der Waals surface area (Å²) in [6.07, 6.45) is 4.70. The highest BCUT2D eigenvalue weighted by Crippen LogP contribution is 2.26. The van der Waals surface area contributed by atoms with Crippen LogP contribution in [0.3, 0.4) is 0 Å². The van der Waals surface area contributed by atoms with Crippen LogP contribution in [-0.2, 0) is 14.3 Å². The summed E-state index contributed by atoms with van der Waals surface area (Å²) in [6, 6.07) is 0. The first-order valence-corrected chi connectivity index (χ1v) is 8.62. The fourth-order valence-corrected chi connectivity index (χ4v) is 3.09. The smallest absolute Gasteiger partial charge is 0.228 e. The molecule has 2 aliphatic rings. The average Bonchev–Trinajstić information content (AvgIpc) is 3.05. The van der Waals surface area contributed by atoms with Gasteiger partial charge in [-0.3, -0.25) is 9.59 Å². The van der Waals surface area contributed by atoms with E-state index >= 15 is 0 Å². The summed E-state index contributed by atoms with van der Waals surface area (Å²) in [4.78, 5) is 26.6. The third-order valence-electron chi connectivity index (χ3n) is 5.14. The summed E-state index contributed by atoms with van der Waals surface area (Å²) >= 11 is 0. The van der Waals surface area contributed by atoms with E-state index in [1.54, 1.807) is 0 Å². The molecule has 126 valence electrons. The van der Waals surface area contributed by atoms with Crippen LogP contribution in [0.2, 0.25) is 0 Å². The van der Waals surface area contributed by atoms with E-state index in [0.29, 0.717) is 19.6 Å². The number of hydrogen-bond donors (Lipinski definition) is 1. The summed E-state index contributed by atoms with van der Waals surface area (Å²) in [6.45, 7) is 8.87. The molecule has 0 saturated carbocycles. The highest BCUT2D eigenvalue weighted by atomic mass is 16.5. The molecule has 0 aliphatic carbocycles. The fourth-order valence-electron chi connectivity index (χ4n) is 3.09. The molecule has 1 atom stereocenters. The van der Waals surface area contributed by atoms with Gasteiger partial charge in [0.1, 0.15) is 0 Å². The van der Waals surface area contributed by atoms with Crippen LogP contribution < -0.4 is 5.32 Å². The molecule has 5 heteroatoms. The summed E-state index contributed by atoms with van der Waals surface area (Å²) in [5.41, 5.74) is -0.297. The number of ether oxygens (including phenoxy) is 1. The van der Waals surface area contributed by atoms with E-state index in [9.17, 15) is 9.59 Å². The number of carbonyl (C=O) groups excluding carboxylic acids is 2. The van der Waals surface area contributed by atoms with Crippen LogP contribution in [0.5, 0.6) is 0 Å². The zero-order valence-electron chi connectivity index (χ0n) is 14.2. The van der Waals surface area contributed by atoms with Crippen molar-refractivity contribution in [2.75, 3.05) is 26.2 Å². The third kappa shape index (κ3) is 4.22. The number of piperidine rings is 1. The normalized spacial score (nSPS) is 23.6. The van der Waals surface area contributed by atoms with Crippen LogP contribution in [0, 0.1) is 11.3 Å². The Labute approximate surface area is 133 Å². The lowest BCUT2D eigenvalue weighted by molar-refractivity contribution is -0.143. The van der Waals surface area contributed by atoms with Gasteiger partial charge in [-0.25, -0.2) is 0 Å². The van der Waals surface area contributed by atoms with Crippen LogP contribution in [0.4, 0.5) is 0 Å². The quantitative estimate of drug-likeness (QED) is 0.844. The van der Waals surface area contributed by atoms with Crippen molar-refractivity contribution in [1.82, 2.24) is 10.2 Å². The Kier molecular flexibility index (Phi) is 5.84. The van der Waals surface area contributed by atoms with Crippen molar-refractivity contribution < 1.29 is 14.3 Å². The number of carbonyl (C=O) groups is 2. The Hall–Kier alpha value is -1.10. The molecule has 0 aromatic heterocycles. The molecule has 0 spiro atoms. The van der Waals surface area contributed by atoms with Crippen LogP contribution in [-0.4, -0.2) is 49.1 Å². The van der Waals surface area contributed by atoms with Gasteiger partial charge in [0.25, 0.3) is 0 Å². The number of likely N-dealkylation sites (tertiary alicyclic amines) is 1. The van der Waals surface area contributed by atoms with Gasteiger partial charge in [0.2, 0.25) is 11.8 Å². The third-order valence-corrected chi connectivity index (χ3v) is 5.14. The van der Waals surface area contributed by atoms with E-state index in [2.05, 4.69) is 5.32 Å². The maximum Gasteiger partial charge on any atom is 0.228 e. The molecule has 2 amide bonds. The second-order valence-corrected chi connectivity index (χ2v) is 7.18. The Morgan fingerprint density at radius 3 is 2.45 bits per heavy atom. The monoisotopic (exact) mass is 310 g/mol. The molecule has 1 N–H and O–H groups in total. The Morgan fingerprint density at radius 2 is 1.91 bits per heavy atom. The Morgan fingerprint density at radius 1 is 1.23 bits per heavy atom. The first kappa shape index (κ1) is 17.3. The largest absolute Gasteiger partial charge is 0.376 e. The fraction of sp³-hybridized carbons (Fsp3) is 0.882. The van der Waals surface area contributed by atoms with Crippen molar-refractivity contribution in [2.24, 2.45) is 11.3 Å². The van der Waals surface area contributed by atoms with Gasteiger partial charge in [0.05, 0.1) is 6.10 Å². The summed E-state index contributed by atoms with van der Waals surface area (Å²) in [5, 5.41) is 3.01. The van der Waals surface area contributed by atoms with Crippen LogP contribution in [0.15, 0.2) is 0 Å². The number of amides is 2. The van der Waals surface area contributed by atoms with Gasteiger partial charge in [0, 0.05) is 37.6 Å². The Bertz CT molecular complexity index is 395. The molecular weight excluding hydrogens is 280 g/mol. The van der Waals surface area contributed by atoms with Crippen LogP contribution >= 0.6 is 0 Å². The summed E-state index contributed by atoms with van der Waals surface area (Å²) in [5.74, 6) is 0.376. The standard InChI is InChI=1S/C17H30N2O3/c1-4-17(2,3)16(21)19-9-7-13(8-10-19)15(20)18-12-14-6-5-11-22-14/h13-14H,4-12H2,1-3H3,(H,18,20)/t14-/m0/s1. The molecule has 0 aromatic carbocycles. The first-order valence-electron chi connectivity index (χ1n) is 8.62. The lowest BCUT2D eigenvalue weighted by Gasteiger charge is -2.36. The zero-order chi connectivity index (χ0) is 16.2.